The molecule has 0 aliphatic rings. The molecule has 6 heteroatoms. The van der Waals surface area contributed by atoms with E-state index in [1.165, 1.54) is 12.1 Å². The van der Waals surface area contributed by atoms with E-state index in [0.717, 1.165) is 37.9 Å². The van der Waals surface area contributed by atoms with E-state index in [4.69, 9.17) is 0 Å². The summed E-state index contributed by atoms with van der Waals surface area (Å²) >= 11 is 1.56. The minimum Gasteiger partial charge on any atom is -0.351 e. The Bertz CT molecular complexity index is 1140. The molecule has 1 amide bonds. The molecule has 4 rings (SSSR count). The van der Waals surface area contributed by atoms with Crippen LogP contribution < -0.4 is 5.32 Å². The highest BCUT2D eigenvalue weighted by molar-refractivity contribution is 7.17. The van der Waals surface area contributed by atoms with Gasteiger partial charge < -0.3 is 5.32 Å². The monoisotopic (exact) mass is 393 g/mol. The number of imidazole rings is 1. The molecule has 0 saturated carbocycles. The van der Waals surface area contributed by atoms with E-state index in [2.05, 4.69) is 10.3 Å². The normalized spacial score (nSPS) is 11.1. The van der Waals surface area contributed by atoms with Crippen molar-refractivity contribution in [3.05, 3.63) is 82.2 Å². The maximum Gasteiger partial charge on any atom is 0.224 e. The van der Waals surface area contributed by atoms with Crippen molar-refractivity contribution in [1.82, 2.24) is 14.7 Å². The number of carbonyl (C=O) groups excluding carboxylic acids is 1. The number of carbonyl (C=O) groups is 1. The summed E-state index contributed by atoms with van der Waals surface area (Å²) in [5.41, 5.74) is 4.91. The van der Waals surface area contributed by atoms with Gasteiger partial charge in [-0.3, -0.25) is 9.20 Å². The number of aryl methyl sites for hydroxylation is 2. The number of benzene rings is 2. The van der Waals surface area contributed by atoms with Crippen molar-refractivity contribution in [1.29, 1.82) is 0 Å². The number of fused-ring (bicyclic) bond motifs is 1. The second-order valence-corrected chi connectivity index (χ2v) is 7.90. The highest BCUT2D eigenvalue weighted by Gasteiger charge is 2.14. The largest absolute Gasteiger partial charge is 0.351 e. The first-order valence-electron chi connectivity index (χ1n) is 9.05. The number of hydrogen-bond acceptors (Lipinski definition) is 3. The van der Waals surface area contributed by atoms with Gasteiger partial charge in [0.25, 0.3) is 0 Å². The van der Waals surface area contributed by atoms with Crippen LogP contribution in [-0.2, 0) is 17.8 Å². The van der Waals surface area contributed by atoms with Crippen LogP contribution in [0.1, 0.15) is 21.7 Å². The molecule has 2 aromatic carbocycles. The first kappa shape index (κ1) is 18.4. The maximum atomic E-state index is 13.1. The van der Waals surface area contributed by atoms with Gasteiger partial charge in [0, 0.05) is 22.3 Å². The van der Waals surface area contributed by atoms with Gasteiger partial charge in [-0.05, 0) is 43.7 Å². The second kappa shape index (κ2) is 7.56. The van der Waals surface area contributed by atoms with Crippen LogP contribution in [0.4, 0.5) is 4.39 Å². The van der Waals surface area contributed by atoms with Gasteiger partial charge in [-0.2, -0.15) is 0 Å². The molecule has 0 unspecified atom stereocenters. The lowest BCUT2D eigenvalue weighted by Crippen LogP contribution is -2.24. The Morgan fingerprint density at radius 3 is 2.68 bits per heavy atom. The van der Waals surface area contributed by atoms with Crippen molar-refractivity contribution in [3.63, 3.8) is 0 Å². The van der Waals surface area contributed by atoms with E-state index in [1.807, 2.05) is 48.7 Å². The summed E-state index contributed by atoms with van der Waals surface area (Å²) in [6.07, 6.45) is 2.32. The van der Waals surface area contributed by atoms with Crippen molar-refractivity contribution in [2.24, 2.45) is 0 Å². The lowest BCUT2D eigenvalue weighted by molar-refractivity contribution is -0.120. The molecular weight excluding hydrogens is 373 g/mol. The summed E-state index contributed by atoms with van der Waals surface area (Å²) in [5, 5.41) is 3.00. The Labute approximate surface area is 166 Å². The number of nitrogens with zero attached hydrogens (tertiary/aromatic N) is 2. The van der Waals surface area contributed by atoms with Gasteiger partial charge in [-0.15, -0.1) is 0 Å². The lowest BCUT2D eigenvalue weighted by Gasteiger charge is -2.05. The lowest BCUT2D eigenvalue weighted by atomic mass is 10.1. The van der Waals surface area contributed by atoms with Crippen LogP contribution in [0, 0.1) is 19.7 Å². The molecule has 0 fully saturated rings. The van der Waals surface area contributed by atoms with Crippen LogP contribution in [0.25, 0.3) is 16.2 Å². The predicted octanol–water partition coefficient (Wildman–Crippen LogP) is 4.68. The van der Waals surface area contributed by atoms with Crippen molar-refractivity contribution in [2.75, 3.05) is 0 Å². The van der Waals surface area contributed by atoms with E-state index in [9.17, 15) is 9.18 Å². The zero-order valence-electron chi connectivity index (χ0n) is 15.7. The summed E-state index contributed by atoms with van der Waals surface area (Å²) in [4.78, 5) is 18.8. The molecule has 0 saturated heterocycles. The molecule has 0 aliphatic heterocycles. The molecule has 0 spiro atoms. The van der Waals surface area contributed by atoms with E-state index >= 15 is 0 Å². The summed E-state index contributed by atoms with van der Waals surface area (Å²) in [6.45, 7) is 4.52. The van der Waals surface area contributed by atoms with Gasteiger partial charge in [-0.25, -0.2) is 9.37 Å². The number of nitrogens with one attached hydrogen (secondary N) is 1. The summed E-state index contributed by atoms with van der Waals surface area (Å²) < 4.78 is 15.1. The van der Waals surface area contributed by atoms with Crippen LogP contribution >= 0.6 is 11.3 Å². The Morgan fingerprint density at radius 2 is 1.96 bits per heavy atom. The van der Waals surface area contributed by atoms with Crippen LogP contribution in [0.15, 0.2) is 54.7 Å². The maximum absolute atomic E-state index is 13.1. The van der Waals surface area contributed by atoms with Crippen LogP contribution in [0.2, 0.25) is 0 Å². The first-order chi connectivity index (χ1) is 13.5. The van der Waals surface area contributed by atoms with Crippen molar-refractivity contribution in [3.8, 4) is 11.3 Å². The molecule has 0 radical (unpaired) electrons. The van der Waals surface area contributed by atoms with Gasteiger partial charge >= 0.3 is 0 Å². The summed E-state index contributed by atoms with van der Waals surface area (Å²) in [6, 6.07) is 14.3. The quantitative estimate of drug-likeness (QED) is 0.535. The van der Waals surface area contributed by atoms with E-state index in [0.29, 0.717) is 13.0 Å². The Morgan fingerprint density at radius 1 is 1.18 bits per heavy atom. The van der Waals surface area contributed by atoms with Crippen LogP contribution in [0.5, 0.6) is 0 Å². The fourth-order valence-electron chi connectivity index (χ4n) is 3.17. The van der Waals surface area contributed by atoms with Gasteiger partial charge in [0.2, 0.25) is 5.91 Å². The Kier molecular flexibility index (Phi) is 4.96. The molecule has 142 valence electrons. The highest BCUT2D eigenvalue weighted by Crippen LogP contribution is 2.27. The fourth-order valence-corrected chi connectivity index (χ4v) is 4.21. The molecule has 4 aromatic rings. The second-order valence-electron chi connectivity index (χ2n) is 6.84. The standard InChI is InChI=1S/C22H20FN3OS/c1-14-4-3-5-16(10-14)11-21(27)24-12-20-15(2)26-13-19(25-22(26)28-20)17-6-8-18(23)9-7-17/h3-10,13H,11-12H2,1-2H3,(H,24,27). The third kappa shape index (κ3) is 3.82. The van der Waals surface area contributed by atoms with Gasteiger partial charge in [-0.1, -0.05) is 41.2 Å². The smallest absolute Gasteiger partial charge is 0.224 e. The van der Waals surface area contributed by atoms with Gasteiger partial charge in [0.15, 0.2) is 4.96 Å². The molecule has 1 N–H and O–H groups in total. The van der Waals surface area contributed by atoms with Gasteiger partial charge in [0.1, 0.15) is 5.82 Å². The molecule has 2 heterocycles. The predicted molar refractivity (Wildman–Crippen MR) is 110 cm³/mol. The molecule has 0 atom stereocenters. The molecule has 0 bridgehead atoms. The van der Waals surface area contributed by atoms with Crippen molar-refractivity contribution < 1.29 is 9.18 Å². The summed E-state index contributed by atoms with van der Waals surface area (Å²) in [5.74, 6) is -0.257. The number of rotatable bonds is 5. The average Bonchev–Trinajstić information content (AvgIpc) is 3.20. The minimum atomic E-state index is -0.260. The SMILES string of the molecule is Cc1cccc(CC(=O)NCc2sc3nc(-c4ccc(F)cc4)cn3c2C)c1. The van der Waals surface area contributed by atoms with Crippen LogP contribution in [0.3, 0.4) is 0 Å². The zero-order chi connectivity index (χ0) is 19.7. The number of hydrogen-bond donors (Lipinski definition) is 1. The molecular formula is C22H20FN3OS. The third-order valence-electron chi connectivity index (χ3n) is 4.69. The third-order valence-corrected chi connectivity index (χ3v) is 5.84. The number of aromatic nitrogens is 2. The minimum absolute atomic E-state index is 0.00282. The topological polar surface area (TPSA) is 46.4 Å². The Hall–Kier alpha value is -2.99. The van der Waals surface area contributed by atoms with E-state index < -0.39 is 0 Å². The molecule has 0 aliphatic carbocycles. The number of amides is 1. The summed E-state index contributed by atoms with van der Waals surface area (Å²) in [7, 11) is 0. The first-order valence-corrected chi connectivity index (χ1v) is 9.87. The van der Waals surface area contributed by atoms with Crippen LogP contribution in [-0.4, -0.2) is 15.3 Å². The molecule has 28 heavy (non-hydrogen) atoms. The zero-order valence-corrected chi connectivity index (χ0v) is 16.5. The number of thiazole rings is 1. The number of halogens is 1. The molecule has 4 nitrogen and oxygen atoms in total. The average molecular weight is 393 g/mol. The van der Waals surface area contributed by atoms with Crippen molar-refractivity contribution >= 4 is 22.2 Å². The Balaban J connectivity index is 1.46. The van der Waals surface area contributed by atoms with Crippen molar-refractivity contribution in [2.45, 2.75) is 26.8 Å². The fraction of sp³-hybridized carbons (Fsp3) is 0.182. The highest BCUT2D eigenvalue weighted by atomic mass is 32.1. The van der Waals surface area contributed by atoms with Gasteiger partial charge in [0.05, 0.1) is 18.7 Å². The molecule has 2 aromatic heterocycles. The van der Waals surface area contributed by atoms with E-state index in [1.54, 1.807) is 23.5 Å². The van der Waals surface area contributed by atoms with E-state index in [-0.39, 0.29) is 11.7 Å².